The summed E-state index contributed by atoms with van der Waals surface area (Å²) < 4.78 is 5.46. The van der Waals surface area contributed by atoms with Crippen molar-refractivity contribution in [3.8, 4) is 0 Å². The van der Waals surface area contributed by atoms with E-state index in [0.29, 0.717) is 5.56 Å². The standard InChI is InChI=1S/C31H43N3O4/c1-9-20-34(26(27(35)33-30(3,4)5)24-18-16-22(10-2)17-19-24)28(36)25(21-23-14-12-11-13-15-23)32-29(37)38-31(6,7)8/h9,11-19,25-26H,1,10,20-21H2,2-8H3,(H,32,37)(H,33,35). The highest BCUT2D eigenvalue weighted by Crippen LogP contribution is 2.25. The van der Waals surface area contributed by atoms with Crippen LogP contribution in [0.3, 0.4) is 0 Å². The topological polar surface area (TPSA) is 87.7 Å². The number of rotatable bonds is 10. The maximum atomic E-state index is 14.2. The van der Waals surface area contributed by atoms with Crippen LogP contribution < -0.4 is 10.6 Å². The fraction of sp³-hybridized carbons (Fsp3) is 0.452. The van der Waals surface area contributed by atoms with Crippen LogP contribution in [0.4, 0.5) is 4.79 Å². The zero-order valence-corrected chi connectivity index (χ0v) is 23.8. The SMILES string of the molecule is C=CCN(C(=O)C(Cc1ccccc1)NC(=O)OC(C)(C)C)C(C(=O)NC(C)(C)C)c1ccc(CC)cc1. The summed E-state index contributed by atoms with van der Waals surface area (Å²) in [6, 6.07) is 15.2. The van der Waals surface area contributed by atoms with E-state index in [1.165, 1.54) is 4.90 Å². The number of aryl methyl sites for hydroxylation is 1. The first-order valence-electron chi connectivity index (χ1n) is 13.1. The first-order valence-corrected chi connectivity index (χ1v) is 13.1. The molecule has 3 amide bonds. The van der Waals surface area contributed by atoms with Gasteiger partial charge in [-0.15, -0.1) is 6.58 Å². The highest BCUT2D eigenvalue weighted by atomic mass is 16.6. The van der Waals surface area contributed by atoms with E-state index < -0.39 is 35.2 Å². The summed E-state index contributed by atoms with van der Waals surface area (Å²) in [7, 11) is 0. The average Bonchev–Trinajstić information content (AvgIpc) is 2.81. The first kappa shape index (κ1) is 30.6. The van der Waals surface area contributed by atoms with Crippen molar-refractivity contribution in [1.82, 2.24) is 15.5 Å². The van der Waals surface area contributed by atoms with E-state index in [-0.39, 0.29) is 18.9 Å². The van der Waals surface area contributed by atoms with Crippen molar-refractivity contribution in [2.75, 3.05) is 6.54 Å². The van der Waals surface area contributed by atoms with E-state index in [1.54, 1.807) is 26.8 Å². The normalized spacial score (nSPS) is 13.1. The predicted molar refractivity (Wildman–Crippen MR) is 152 cm³/mol. The molecule has 0 bridgehead atoms. The summed E-state index contributed by atoms with van der Waals surface area (Å²) in [4.78, 5) is 42.1. The molecule has 0 heterocycles. The fourth-order valence-electron chi connectivity index (χ4n) is 4.01. The number of carbonyl (C=O) groups is 3. The van der Waals surface area contributed by atoms with Crippen LogP contribution in [0.1, 0.15) is 71.2 Å². The molecule has 0 fully saturated rings. The number of nitrogens with zero attached hydrogens (tertiary/aromatic N) is 1. The van der Waals surface area contributed by atoms with Crippen molar-refractivity contribution >= 4 is 17.9 Å². The van der Waals surface area contributed by atoms with Gasteiger partial charge in [0.15, 0.2) is 0 Å². The van der Waals surface area contributed by atoms with Gasteiger partial charge in [0.25, 0.3) is 0 Å². The molecule has 0 aliphatic heterocycles. The summed E-state index contributed by atoms with van der Waals surface area (Å²) in [5.41, 5.74) is 1.42. The molecule has 0 radical (unpaired) electrons. The predicted octanol–water partition coefficient (Wildman–Crippen LogP) is 5.36. The summed E-state index contributed by atoms with van der Waals surface area (Å²) in [6.07, 6.45) is 1.97. The van der Waals surface area contributed by atoms with Crippen molar-refractivity contribution in [3.63, 3.8) is 0 Å². The molecule has 7 nitrogen and oxygen atoms in total. The molecule has 0 aliphatic carbocycles. The number of amides is 3. The van der Waals surface area contributed by atoms with Crippen molar-refractivity contribution in [3.05, 3.63) is 83.9 Å². The number of ether oxygens (including phenoxy) is 1. The molecule has 0 aromatic heterocycles. The zero-order valence-electron chi connectivity index (χ0n) is 23.8. The molecule has 7 heteroatoms. The second-order valence-electron chi connectivity index (χ2n) is 11.4. The van der Waals surface area contributed by atoms with Crippen LogP contribution in [-0.4, -0.2) is 46.5 Å². The summed E-state index contributed by atoms with van der Waals surface area (Å²) >= 11 is 0. The van der Waals surface area contributed by atoms with E-state index in [4.69, 9.17) is 4.74 Å². The lowest BCUT2D eigenvalue weighted by molar-refractivity contribution is -0.142. The van der Waals surface area contributed by atoms with Crippen LogP contribution in [0.25, 0.3) is 0 Å². The lowest BCUT2D eigenvalue weighted by Gasteiger charge is -2.35. The third kappa shape index (κ3) is 9.69. The van der Waals surface area contributed by atoms with Gasteiger partial charge in [-0.25, -0.2) is 4.79 Å². The minimum absolute atomic E-state index is 0.109. The Morgan fingerprint density at radius 1 is 0.947 bits per heavy atom. The zero-order chi connectivity index (χ0) is 28.5. The second-order valence-corrected chi connectivity index (χ2v) is 11.4. The van der Waals surface area contributed by atoms with Gasteiger partial charge < -0.3 is 20.3 Å². The Morgan fingerprint density at radius 3 is 2.05 bits per heavy atom. The minimum atomic E-state index is -0.966. The molecule has 2 unspecified atom stereocenters. The van der Waals surface area contributed by atoms with Gasteiger partial charge in [-0.2, -0.15) is 0 Å². The van der Waals surface area contributed by atoms with E-state index in [0.717, 1.165) is 17.5 Å². The fourth-order valence-corrected chi connectivity index (χ4v) is 4.01. The number of carbonyl (C=O) groups excluding carboxylic acids is 3. The molecule has 0 saturated carbocycles. The molecule has 0 aliphatic rings. The number of hydrogen-bond acceptors (Lipinski definition) is 4. The lowest BCUT2D eigenvalue weighted by atomic mass is 9.98. The molecule has 2 aromatic carbocycles. The Balaban J connectivity index is 2.54. The maximum absolute atomic E-state index is 14.2. The molecule has 206 valence electrons. The molecule has 38 heavy (non-hydrogen) atoms. The van der Waals surface area contributed by atoms with Gasteiger partial charge in [0, 0.05) is 18.5 Å². The van der Waals surface area contributed by atoms with E-state index >= 15 is 0 Å². The van der Waals surface area contributed by atoms with Gasteiger partial charge in [0.2, 0.25) is 11.8 Å². The van der Waals surface area contributed by atoms with Crippen LogP contribution in [0.5, 0.6) is 0 Å². The number of hydrogen-bond donors (Lipinski definition) is 2. The van der Waals surface area contributed by atoms with Gasteiger partial charge in [-0.1, -0.05) is 67.6 Å². The van der Waals surface area contributed by atoms with Gasteiger partial charge in [-0.05, 0) is 64.7 Å². The van der Waals surface area contributed by atoms with Gasteiger partial charge in [0.1, 0.15) is 17.7 Å². The van der Waals surface area contributed by atoms with Crippen LogP contribution in [0.15, 0.2) is 67.3 Å². The van der Waals surface area contributed by atoms with Gasteiger partial charge in [0.05, 0.1) is 0 Å². The molecule has 2 N–H and O–H groups in total. The minimum Gasteiger partial charge on any atom is -0.444 e. The van der Waals surface area contributed by atoms with E-state index in [9.17, 15) is 14.4 Å². The Hall–Kier alpha value is -3.61. The van der Waals surface area contributed by atoms with Crippen LogP contribution in [-0.2, 0) is 27.2 Å². The summed E-state index contributed by atoms with van der Waals surface area (Å²) in [5, 5.41) is 5.78. The van der Waals surface area contributed by atoms with Crippen LogP contribution in [0, 0.1) is 0 Å². The second kappa shape index (κ2) is 13.3. The summed E-state index contributed by atoms with van der Waals surface area (Å²) in [6.45, 7) is 17.0. The molecule has 0 saturated heterocycles. The lowest BCUT2D eigenvalue weighted by Crippen LogP contribution is -2.55. The third-order valence-corrected chi connectivity index (χ3v) is 5.64. The number of nitrogens with one attached hydrogen (secondary N) is 2. The van der Waals surface area contributed by atoms with E-state index in [2.05, 4.69) is 24.1 Å². The average molecular weight is 522 g/mol. The van der Waals surface area contributed by atoms with E-state index in [1.807, 2.05) is 75.4 Å². The molecule has 0 spiro atoms. The molecular weight excluding hydrogens is 478 g/mol. The third-order valence-electron chi connectivity index (χ3n) is 5.64. The van der Waals surface area contributed by atoms with Crippen molar-refractivity contribution in [1.29, 1.82) is 0 Å². The van der Waals surface area contributed by atoms with Crippen molar-refractivity contribution < 1.29 is 19.1 Å². The Kier molecular flexibility index (Phi) is 10.7. The van der Waals surface area contributed by atoms with Crippen LogP contribution in [0.2, 0.25) is 0 Å². The Labute approximate surface area is 227 Å². The molecule has 2 rings (SSSR count). The molecular formula is C31H43N3O4. The highest BCUT2D eigenvalue weighted by molar-refractivity contribution is 5.92. The maximum Gasteiger partial charge on any atom is 0.408 e. The number of alkyl carbamates (subject to hydrolysis) is 1. The van der Waals surface area contributed by atoms with Crippen molar-refractivity contribution in [2.24, 2.45) is 0 Å². The van der Waals surface area contributed by atoms with Gasteiger partial charge >= 0.3 is 6.09 Å². The molecule has 2 atom stereocenters. The Morgan fingerprint density at radius 2 is 1.55 bits per heavy atom. The quantitative estimate of drug-likeness (QED) is 0.412. The molecule has 2 aromatic rings. The number of benzene rings is 2. The first-order chi connectivity index (χ1) is 17.7. The monoisotopic (exact) mass is 521 g/mol. The summed E-state index contributed by atoms with van der Waals surface area (Å²) in [5.74, 6) is -0.721. The largest absolute Gasteiger partial charge is 0.444 e. The van der Waals surface area contributed by atoms with Crippen molar-refractivity contribution in [2.45, 2.75) is 84.5 Å². The van der Waals surface area contributed by atoms with Gasteiger partial charge in [-0.3, -0.25) is 9.59 Å². The highest BCUT2D eigenvalue weighted by Gasteiger charge is 2.37. The Bertz CT molecular complexity index is 1080. The van der Waals surface area contributed by atoms with Crippen LogP contribution >= 0.6 is 0 Å². The smallest absolute Gasteiger partial charge is 0.408 e.